The van der Waals surface area contributed by atoms with E-state index in [9.17, 15) is 0 Å². The first-order chi connectivity index (χ1) is 5.61. The zero-order valence-corrected chi connectivity index (χ0v) is 8.32. The van der Waals surface area contributed by atoms with Gasteiger partial charge in [-0.3, -0.25) is 4.99 Å². The van der Waals surface area contributed by atoms with Gasteiger partial charge in [0.05, 0.1) is 12.2 Å². The van der Waals surface area contributed by atoms with Crippen molar-refractivity contribution in [3.8, 4) is 0 Å². The topological polar surface area (TPSA) is 41.8 Å². The number of ether oxygens (including phenoxy) is 1. The van der Waals surface area contributed by atoms with Gasteiger partial charge in [0.1, 0.15) is 6.23 Å². The molecule has 0 aliphatic rings. The molecule has 0 spiro atoms. The van der Waals surface area contributed by atoms with Gasteiger partial charge in [-0.15, -0.1) is 0 Å². The fourth-order valence-electron chi connectivity index (χ4n) is 0.765. The lowest BCUT2D eigenvalue weighted by atomic mass is 10.2. The molecule has 0 aromatic carbocycles. The smallest absolute Gasteiger partial charge is 0.148 e. The lowest BCUT2D eigenvalue weighted by Gasteiger charge is -2.20. The van der Waals surface area contributed by atoms with Crippen LogP contribution in [0.4, 0.5) is 0 Å². The van der Waals surface area contributed by atoms with Crippen molar-refractivity contribution in [1.29, 1.82) is 0 Å². The summed E-state index contributed by atoms with van der Waals surface area (Å²) in [6.07, 6.45) is 1.86. The molecular formula is C9H19NO2. The number of hydrogen-bond acceptors (Lipinski definition) is 3. The van der Waals surface area contributed by atoms with Crippen LogP contribution in [0.3, 0.4) is 0 Å². The summed E-state index contributed by atoms with van der Waals surface area (Å²) in [5.41, 5.74) is 0. The fourth-order valence-corrected chi connectivity index (χ4v) is 0.765. The van der Waals surface area contributed by atoms with Gasteiger partial charge in [-0.2, -0.15) is 0 Å². The maximum absolute atomic E-state index is 9.16. The van der Waals surface area contributed by atoms with Crippen LogP contribution >= 0.6 is 0 Å². The van der Waals surface area contributed by atoms with Crippen LogP contribution < -0.4 is 0 Å². The molecule has 3 unspecified atom stereocenters. The molecule has 0 saturated carbocycles. The molecule has 0 rings (SSSR count). The van der Waals surface area contributed by atoms with Crippen molar-refractivity contribution < 1.29 is 9.84 Å². The van der Waals surface area contributed by atoms with Crippen LogP contribution in [0, 0.1) is 0 Å². The molecule has 72 valence electrons. The molecule has 0 aromatic heterocycles. The first-order valence-electron chi connectivity index (χ1n) is 4.43. The SMILES string of the molecule is CC=NC(CC)OC(C)C(C)O. The van der Waals surface area contributed by atoms with E-state index in [4.69, 9.17) is 9.84 Å². The Balaban J connectivity index is 3.85. The van der Waals surface area contributed by atoms with E-state index in [1.54, 1.807) is 13.1 Å². The Kier molecular flexibility index (Phi) is 5.93. The van der Waals surface area contributed by atoms with Crippen LogP contribution in [0.25, 0.3) is 0 Å². The van der Waals surface area contributed by atoms with Crippen molar-refractivity contribution >= 4 is 6.21 Å². The van der Waals surface area contributed by atoms with Crippen molar-refractivity contribution in [1.82, 2.24) is 0 Å². The van der Waals surface area contributed by atoms with E-state index in [-0.39, 0.29) is 12.3 Å². The second kappa shape index (κ2) is 6.14. The molecule has 0 aromatic rings. The molecule has 0 saturated heterocycles. The number of rotatable bonds is 5. The molecule has 3 heteroatoms. The van der Waals surface area contributed by atoms with E-state index in [1.807, 2.05) is 20.8 Å². The fraction of sp³-hybridized carbons (Fsp3) is 0.889. The van der Waals surface area contributed by atoms with E-state index >= 15 is 0 Å². The van der Waals surface area contributed by atoms with Crippen LogP contribution in [0.5, 0.6) is 0 Å². The average Bonchev–Trinajstić information content (AvgIpc) is 2.03. The maximum atomic E-state index is 9.16. The quantitative estimate of drug-likeness (QED) is 0.642. The summed E-state index contributed by atoms with van der Waals surface area (Å²) in [5, 5.41) is 9.16. The van der Waals surface area contributed by atoms with Crippen LogP contribution in [0.1, 0.15) is 34.1 Å². The van der Waals surface area contributed by atoms with Crippen molar-refractivity contribution in [2.75, 3.05) is 0 Å². The minimum Gasteiger partial charge on any atom is -0.391 e. The van der Waals surface area contributed by atoms with Gasteiger partial charge in [0.15, 0.2) is 0 Å². The Morgan fingerprint density at radius 3 is 2.42 bits per heavy atom. The molecule has 0 bridgehead atoms. The van der Waals surface area contributed by atoms with Gasteiger partial charge < -0.3 is 9.84 Å². The summed E-state index contributed by atoms with van der Waals surface area (Å²) in [6, 6.07) is 0. The van der Waals surface area contributed by atoms with Crippen molar-refractivity contribution in [3.05, 3.63) is 0 Å². The Labute approximate surface area is 74.5 Å². The molecule has 0 radical (unpaired) electrons. The molecule has 0 heterocycles. The monoisotopic (exact) mass is 173 g/mol. The van der Waals surface area contributed by atoms with E-state index in [0.29, 0.717) is 0 Å². The molecule has 0 aliphatic heterocycles. The second-order valence-electron chi connectivity index (χ2n) is 2.85. The van der Waals surface area contributed by atoms with E-state index in [1.165, 1.54) is 0 Å². The number of nitrogens with zero attached hydrogens (tertiary/aromatic N) is 1. The van der Waals surface area contributed by atoms with Crippen LogP contribution in [0.2, 0.25) is 0 Å². The highest BCUT2D eigenvalue weighted by Crippen LogP contribution is 2.06. The highest BCUT2D eigenvalue weighted by molar-refractivity contribution is 5.53. The Hall–Kier alpha value is -0.410. The highest BCUT2D eigenvalue weighted by atomic mass is 16.5. The van der Waals surface area contributed by atoms with Crippen LogP contribution in [-0.2, 0) is 4.74 Å². The number of aliphatic hydroxyl groups is 1. The minimum atomic E-state index is -0.439. The minimum absolute atomic E-state index is 0.111. The normalized spacial score (nSPS) is 19.4. The van der Waals surface area contributed by atoms with Gasteiger partial charge >= 0.3 is 0 Å². The van der Waals surface area contributed by atoms with Gasteiger partial charge in [-0.25, -0.2) is 0 Å². The number of hydrogen-bond donors (Lipinski definition) is 1. The Morgan fingerprint density at radius 2 is 2.08 bits per heavy atom. The Bertz CT molecular complexity index is 134. The first kappa shape index (κ1) is 11.6. The third kappa shape index (κ3) is 4.46. The summed E-state index contributed by atoms with van der Waals surface area (Å²) < 4.78 is 5.45. The van der Waals surface area contributed by atoms with E-state index in [2.05, 4.69) is 4.99 Å². The zero-order chi connectivity index (χ0) is 9.56. The molecule has 0 fully saturated rings. The van der Waals surface area contributed by atoms with Gasteiger partial charge in [0.25, 0.3) is 0 Å². The molecule has 3 atom stereocenters. The summed E-state index contributed by atoms with van der Waals surface area (Å²) in [4.78, 5) is 4.11. The van der Waals surface area contributed by atoms with Crippen LogP contribution in [-0.4, -0.2) is 29.8 Å². The zero-order valence-electron chi connectivity index (χ0n) is 8.32. The summed E-state index contributed by atoms with van der Waals surface area (Å²) in [7, 11) is 0. The predicted octanol–water partition coefficient (Wildman–Crippen LogP) is 1.60. The predicted molar refractivity (Wildman–Crippen MR) is 50.5 cm³/mol. The Morgan fingerprint density at radius 1 is 1.50 bits per heavy atom. The summed E-state index contributed by atoms with van der Waals surface area (Å²) in [5.74, 6) is 0. The van der Waals surface area contributed by atoms with Gasteiger partial charge in [-0.05, 0) is 33.4 Å². The number of aliphatic hydroxyl groups excluding tert-OH is 1. The van der Waals surface area contributed by atoms with Crippen molar-refractivity contribution in [2.24, 2.45) is 4.99 Å². The number of aliphatic imine (C=N–C) groups is 1. The second-order valence-corrected chi connectivity index (χ2v) is 2.85. The lowest BCUT2D eigenvalue weighted by molar-refractivity contribution is -0.0584. The average molecular weight is 173 g/mol. The molecule has 12 heavy (non-hydrogen) atoms. The molecule has 1 N–H and O–H groups in total. The largest absolute Gasteiger partial charge is 0.391 e. The van der Waals surface area contributed by atoms with Gasteiger partial charge in [0, 0.05) is 0 Å². The van der Waals surface area contributed by atoms with Gasteiger partial charge in [0.2, 0.25) is 0 Å². The molecule has 3 nitrogen and oxygen atoms in total. The third-order valence-corrected chi connectivity index (χ3v) is 1.72. The van der Waals surface area contributed by atoms with E-state index < -0.39 is 6.10 Å². The molecule has 0 amide bonds. The highest BCUT2D eigenvalue weighted by Gasteiger charge is 2.13. The molecule has 0 aliphatic carbocycles. The summed E-state index contributed by atoms with van der Waals surface area (Å²) >= 11 is 0. The maximum Gasteiger partial charge on any atom is 0.148 e. The molecular weight excluding hydrogens is 154 g/mol. The van der Waals surface area contributed by atoms with Crippen LogP contribution in [0.15, 0.2) is 4.99 Å². The van der Waals surface area contributed by atoms with Crippen molar-refractivity contribution in [3.63, 3.8) is 0 Å². The van der Waals surface area contributed by atoms with E-state index in [0.717, 1.165) is 6.42 Å². The van der Waals surface area contributed by atoms with Gasteiger partial charge in [-0.1, -0.05) is 6.92 Å². The first-order valence-corrected chi connectivity index (χ1v) is 4.43. The summed E-state index contributed by atoms with van der Waals surface area (Å²) in [6.45, 7) is 7.43. The third-order valence-electron chi connectivity index (χ3n) is 1.72. The standard InChI is InChI=1S/C9H19NO2/c1-5-9(10-6-2)12-8(4)7(3)11/h6-9,11H,5H2,1-4H3. The lowest BCUT2D eigenvalue weighted by Crippen LogP contribution is -2.27. The van der Waals surface area contributed by atoms with Crippen molar-refractivity contribution in [2.45, 2.75) is 52.6 Å².